The first-order valence-electron chi connectivity index (χ1n) is 12.5. The molecule has 2 saturated carbocycles. The van der Waals surface area contributed by atoms with Gasteiger partial charge in [-0.15, -0.1) is 0 Å². The van der Waals surface area contributed by atoms with Crippen LogP contribution in [0, 0.1) is 5.92 Å². The van der Waals surface area contributed by atoms with Crippen molar-refractivity contribution >= 4 is 67.7 Å². The van der Waals surface area contributed by atoms with Crippen LogP contribution in [0.1, 0.15) is 50.1 Å². The van der Waals surface area contributed by atoms with E-state index in [9.17, 15) is 26.4 Å². The van der Waals surface area contributed by atoms with E-state index in [1.807, 2.05) is 4.57 Å². The van der Waals surface area contributed by atoms with Crippen LogP contribution in [-0.2, 0) is 20.8 Å². The van der Waals surface area contributed by atoms with Crippen molar-refractivity contribution in [3.05, 3.63) is 33.9 Å². The summed E-state index contributed by atoms with van der Waals surface area (Å²) in [5.74, 6) is -0.0892. The first-order valence-corrected chi connectivity index (χ1v) is 15.2. The fourth-order valence-electron chi connectivity index (χ4n) is 5.20. The van der Waals surface area contributed by atoms with Crippen molar-refractivity contribution in [3.8, 4) is 0 Å². The van der Waals surface area contributed by atoms with Crippen LogP contribution in [0.5, 0.6) is 0 Å². The molecule has 5 rings (SSSR count). The topological polar surface area (TPSA) is 145 Å². The predicted octanol–water partition coefficient (Wildman–Crippen LogP) is 5.10. The molecule has 2 aliphatic carbocycles. The van der Waals surface area contributed by atoms with Gasteiger partial charge in [0.1, 0.15) is 15.4 Å². The highest BCUT2D eigenvalue weighted by Gasteiger charge is 2.37. The Balaban J connectivity index is 1.49. The summed E-state index contributed by atoms with van der Waals surface area (Å²) in [6.07, 6.45) is 1.22. The van der Waals surface area contributed by atoms with Crippen molar-refractivity contribution in [3.63, 3.8) is 0 Å². The minimum atomic E-state index is -4.63. The van der Waals surface area contributed by atoms with Crippen LogP contribution in [0.4, 0.5) is 30.8 Å². The molecule has 0 bridgehead atoms. The van der Waals surface area contributed by atoms with Gasteiger partial charge in [0.2, 0.25) is 17.8 Å². The Bertz CT molecular complexity index is 1540. The quantitative estimate of drug-likeness (QED) is 0.331. The number of hydrogen-bond donors (Lipinski definition) is 3. The van der Waals surface area contributed by atoms with Gasteiger partial charge in [-0.1, -0.05) is 23.2 Å². The summed E-state index contributed by atoms with van der Waals surface area (Å²) in [7, 11) is -3.12. The Morgan fingerprint density at radius 2 is 1.73 bits per heavy atom. The summed E-state index contributed by atoms with van der Waals surface area (Å²) in [4.78, 5) is 25.3. The summed E-state index contributed by atoms with van der Waals surface area (Å²) < 4.78 is 65.0. The van der Waals surface area contributed by atoms with Crippen molar-refractivity contribution in [2.75, 3.05) is 16.9 Å². The van der Waals surface area contributed by atoms with E-state index in [2.05, 4.69) is 25.6 Å². The lowest BCUT2D eigenvalue weighted by atomic mass is 9.85. The molecule has 216 valence electrons. The van der Waals surface area contributed by atoms with Gasteiger partial charge in [-0.2, -0.15) is 18.2 Å². The summed E-state index contributed by atoms with van der Waals surface area (Å²) in [6, 6.07) is 1.29. The van der Waals surface area contributed by atoms with E-state index in [1.165, 1.54) is 12.5 Å². The van der Waals surface area contributed by atoms with Gasteiger partial charge in [-0.3, -0.25) is 9.36 Å². The van der Waals surface area contributed by atoms with E-state index in [0.717, 1.165) is 12.1 Å². The second-order valence-electron chi connectivity index (χ2n) is 10.3. The molecule has 2 heterocycles. The summed E-state index contributed by atoms with van der Waals surface area (Å²) >= 11 is 12.4. The Morgan fingerprint density at radius 1 is 1.10 bits per heavy atom. The fourth-order valence-corrected chi connectivity index (χ4v) is 6.94. The van der Waals surface area contributed by atoms with E-state index in [0.29, 0.717) is 49.7 Å². The zero-order valence-corrected chi connectivity index (χ0v) is 23.5. The second kappa shape index (κ2) is 10.5. The normalized spacial score (nSPS) is 23.6. The van der Waals surface area contributed by atoms with Crippen molar-refractivity contribution in [1.29, 1.82) is 0 Å². The zero-order valence-electron chi connectivity index (χ0n) is 21.2. The molecule has 40 heavy (non-hydrogen) atoms. The number of anilines is 3. The first-order chi connectivity index (χ1) is 18.7. The highest BCUT2D eigenvalue weighted by Crippen LogP contribution is 2.42. The molecule has 2 aliphatic rings. The third-order valence-electron chi connectivity index (χ3n) is 7.54. The van der Waals surface area contributed by atoms with E-state index in [-0.39, 0.29) is 51.5 Å². The van der Waals surface area contributed by atoms with Gasteiger partial charge >= 0.3 is 6.18 Å². The minimum Gasteiger partial charge on any atom is -0.369 e. The van der Waals surface area contributed by atoms with E-state index < -0.39 is 26.8 Å². The Kier molecular flexibility index (Phi) is 7.55. The number of fused-ring (bicyclic) bond motifs is 1. The number of halogens is 5. The van der Waals surface area contributed by atoms with Gasteiger partial charge in [-0.05, 0) is 50.7 Å². The highest BCUT2D eigenvalue weighted by atomic mass is 35.5. The lowest BCUT2D eigenvalue weighted by Gasteiger charge is -2.34. The fraction of sp³-hybridized carbons (Fsp3) is 0.500. The molecule has 1 amide bonds. The minimum absolute atomic E-state index is 0.0475. The average Bonchev–Trinajstić information content (AvgIpc) is 3.19. The Morgan fingerprint density at radius 3 is 2.27 bits per heavy atom. The molecule has 0 atom stereocenters. The third kappa shape index (κ3) is 5.79. The number of aromatic nitrogens is 4. The maximum atomic E-state index is 13.2. The number of sulfone groups is 1. The molecule has 10 nitrogen and oxygen atoms in total. The van der Waals surface area contributed by atoms with Gasteiger partial charge in [0.15, 0.2) is 5.65 Å². The molecular formula is C24H26Cl2F3N7O3S. The second-order valence-corrected chi connectivity index (χ2v) is 13.5. The molecule has 3 aromatic rings. The van der Waals surface area contributed by atoms with Crippen LogP contribution in [0.15, 0.2) is 18.3 Å². The molecule has 0 aliphatic heterocycles. The van der Waals surface area contributed by atoms with Crippen LogP contribution in [0.25, 0.3) is 11.2 Å². The number of alkyl halides is 3. The number of amides is 1. The lowest BCUT2D eigenvalue weighted by Crippen LogP contribution is -2.43. The number of rotatable bonds is 7. The molecular weight excluding hydrogens is 594 g/mol. The number of primary amides is 1. The maximum absolute atomic E-state index is 13.2. The summed E-state index contributed by atoms with van der Waals surface area (Å²) in [6.45, 7) is 0. The van der Waals surface area contributed by atoms with Crippen LogP contribution >= 0.6 is 23.2 Å². The third-order valence-corrected chi connectivity index (χ3v) is 9.73. The standard InChI is InChI=1S/C24H26Cl2F3N7O3S/c1-40(38,39)15-8-13(9-15)32-22-31-10-18-21(35-22)36(14-4-2-11(3-5-14)20(30)37)23(33-18)34-19-16(25)6-12(7-17(19)26)24(27,28)29/h6-7,10-11,13-15H,2-5,8-9H2,1H3,(H2,30,37)(H,33,34)(H,31,32,35). The van der Waals surface area contributed by atoms with Gasteiger partial charge in [0.05, 0.1) is 32.7 Å². The van der Waals surface area contributed by atoms with Gasteiger partial charge < -0.3 is 16.4 Å². The molecule has 2 fully saturated rings. The van der Waals surface area contributed by atoms with Gasteiger partial charge in [-0.25, -0.2) is 18.4 Å². The number of carbonyl (C=O) groups is 1. The predicted molar refractivity (Wildman–Crippen MR) is 146 cm³/mol. The van der Waals surface area contributed by atoms with E-state index in [1.54, 1.807) is 0 Å². The zero-order chi connectivity index (χ0) is 29.0. The van der Waals surface area contributed by atoms with Crippen LogP contribution in [-0.4, -0.2) is 51.4 Å². The first kappa shape index (κ1) is 28.7. The lowest BCUT2D eigenvalue weighted by molar-refractivity contribution is -0.137. The van der Waals surface area contributed by atoms with Crippen LogP contribution in [0.2, 0.25) is 10.0 Å². The van der Waals surface area contributed by atoms with Crippen LogP contribution < -0.4 is 16.4 Å². The monoisotopic (exact) mass is 619 g/mol. The average molecular weight is 620 g/mol. The van der Waals surface area contributed by atoms with Gasteiger partial charge in [0, 0.05) is 24.3 Å². The molecule has 0 spiro atoms. The Hall–Kier alpha value is -2.84. The number of nitrogens with zero attached hydrogens (tertiary/aromatic N) is 4. The van der Waals surface area contributed by atoms with E-state index in [4.69, 9.17) is 28.9 Å². The molecule has 1 aromatic carbocycles. The number of nitrogens with one attached hydrogen (secondary N) is 2. The molecule has 4 N–H and O–H groups in total. The van der Waals surface area contributed by atoms with Crippen molar-refractivity contribution in [1.82, 2.24) is 19.5 Å². The maximum Gasteiger partial charge on any atom is 0.416 e. The summed E-state index contributed by atoms with van der Waals surface area (Å²) in [5, 5.41) is 5.26. The molecule has 16 heteroatoms. The smallest absolute Gasteiger partial charge is 0.369 e. The van der Waals surface area contributed by atoms with Crippen molar-refractivity contribution in [2.45, 2.75) is 62.0 Å². The molecule has 0 unspecified atom stereocenters. The largest absolute Gasteiger partial charge is 0.416 e. The van der Waals surface area contributed by atoms with Crippen molar-refractivity contribution < 1.29 is 26.4 Å². The molecule has 2 aromatic heterocycles. The summed E-state index contributed by atoms with van der Waals surface area (Å²) in [5.41, 5.74) is 5.42. The molecule has 0 radical (unpaired) electrons. The number of carbonyl (C=O) groups excluding carboxylic acids is 1. The highest BCUT2D eigenvalue weighted by molar-refractivity contribution is 7.91. The number of benzene rings is 1. The Labute approximate surface area is 237 Å². The number of hydrogen-bond acceptors (Lipinski definition) is 8. The van der Waals surface area contributed by atoms with E-state index >= 15 is 0 Å². The van der Waals surface area contributed by atoms with Crippen molar-refractivity contribution in [2.24, 2.45) is 11.7 Å². The SMILES string of the molecule is CS(=O)(=O)C1CC(Nc2ncc3nc(Nc4c(Cl)cc(C(F)(F)F)cc4Cl)n(C4CCC(C(N)=O)CC4)c3n2)C1. The number of imidazole rings is 1. The van der Waals surface area contributed by atoms with Crippen LogP contribution in [0.3, 0.4) is 0 Å². The number of nitrogens with two attached hydrogens (primary N) is 1. The van der Waals surface area contributed by atoms with Gasteiger partial charge in [0.25, 0.3) is 0 Å². The molecule has 0 saturated heterocycles.